The Hall–Kier alpha value is -3.46. The molecule has 0 fully saturated rings. The lowest BCUT2D eigenvalue weighted by molar-refractivity contribution is 0.633. The maximum absolute atomic E-state index is 5.50. The van der Waals surface area contributed by atoms with E-state index in [0.29, 0.717) is 18.2 Å². The summed E-state index contributed by atoms with van der Waals surface area (Å²) in [6.45, 7) is 10.4. The number of para-hydroxylation sites is 1. The molecule has 0 saturated heterocycles. The van der Waals surface area contributed by atoms with Gasteiger partial charge in [-0.25, -0.2) is 4.68 Å². The molecule has 3 aromatic heterocycles. The fourth-order valence-corrected chi connectivity index (χ4v) is 3.93. The summed E-state index contributed by atoms with van der Waals surface area (Å²) in [5, 5.41) is 20.6. The molecule has 0 aliphatic rings. The Morgan fingerprint density at radius 1 is 1.03 bits per heavy atom. The van der Waals surface area contributed by atoms with E-state index in [1.54, 1.807) is 6.20 Å². The van der Waals surface area contributed by atoms with Crippen molar-refractivity contribution < 1.29 is 0 Å². The van der Waals surface area contributed by atoms with Gasteiger partial charge in [-0.2, -0.15) is 15.3 Å². The van der Waals surface area contributed by atoms with Gasteiger partial charge in [0, 0.05) is 41.8 Å². The molecule has 0 aliphatic heterocycles. The van der Waals surface area contributed by atoms with Crippen LogP contribution < -0.4 is 10.6 Å². The molecule has 0 radical (unpaired) electrons. The normalized spacial score (nSPS) is 11.0. The number of nitrogens with zero attached hydrogens (tertiary/aromatic N) is 6. The molecule has 0 atom stereocenters. The highest BCUT2D eigenvalue weighted by Crippen LogP contribution is 2.18. The SMILES string of the molecule is CCn1ncc(Cn2cc(NC(=S)NCc3c(C)nn(-c4ccccc4)c3C)cn2)c1C. The van der Waals surface area contributed by atoms with E-state index >= 15 is 0 Å². The summed E-state index contributed by atoms with van der Waals surface area (Å²) < 4.78 is 5.84. The van der Waals surface area contributed by atoms with Crippen LogP contribution in [0.15, 0.2) is 48.9 Å². The highest BCUT2D eigenvalue weighted by molar-refractivity contribution is 7.80. The van der Waals surface area contributed by atoms with Gasteiger partial charge in [-0.3, -0.25) is 9.36 Å². The Labute approximate surface area is 193 Å². The highest BCUT2D eigenvalue weighted by atomic mass is 32.1. The fraction of sp³-hybridized carbons (Fsp3) is 0.304. The Morgan fingerprint density at radius 2 is 1.81 bits per heavy atom. The smallest absolute Gasteiger partial charge is 0.171 e. The minimum absolute atomic E-state index is 0.547. The summed E-state index contributed by atoms with van der Waals surface area (Å²) in [7, 11) is 0. The third kappa shape index (κ3) is 4.57. The number of benzene rings is 1. The van der Waals surface area contributed by atoms with Crippen molar-refractivity contribution in [1.82, 2.24) is 34.7 Å². The van der Waals surface area contributed by atoms with E-state index in [9.17, 15) is 0 Å². The maximum atomic E-state index is 5.50. The third-order valence-corrected chi connectivity index (χ3v) is 5.84. The number of thiocarbonyl (C=S) groups is 1. The minimum atomic E-state index is 0.547. The second kappa shape index (κ2) is 9.35. The molecule has 0 spiro atoms. The number of nitrogens with one attached hydrogen (secondary N) is 2. The Balaban J connectivity index is 1.36. The first-order valence-electron chi connectivity index (χ1n) is 10.7. The van der Waals surface area contributed by atoms with Crippen LogP contribution in [0.5, 0.6) is 0 Å². The second-order valence-corrected chi connectivity index (χ2v) is 8.11. The summed E-state index contributed by atoms with van der Waals surface area (Å²) in [5.41, 5.74) is 7.43. The molecule has 32 heavy (non-hydrogen) atoms. The van der Waals surface area contributed by atoms with Crippen LogP contribution in [-0.4, -0.2) is 34.5 Å². The number of anilines is 1. The largest absolute Gasteiger partial charge is 0.358 e. The molecule has 2 N–H and O–H groups in total. The first-order valence-corrected chi connectivity index (χ1v) is 11.1. The van der Waals surface area contributed by atoms with E-state index < -0.39 is 0 Å². The average molecular weight is 449 g/mol. The molecule has 9 heteroatoms. The van der Waals surface area contributed by atoms with Gasteiger partial charge >= 0.3 is 0 Å². The van der Waals surface area contributed by atoms with Crippen LogP contribution in [0.1, 0.15) is 35.1 Å². The van der Waals surface area contributed by atoms with Crippen molar-refractivity contribution >= 4 is 23.0 Å². The molecule has 1 aromatic carbocycles. The van der Waals surface area contributed by atoms with Gasteiger partial charge in [-0.05, 0) is 52.0 Å². The van der Waals surface area contributed by atoms with E-state index in [4.69, 9.17) is 17.3 Å². The first-order chi connectivity index (χ1) is 15.5. The second-order valence-electron chi connectivity index (χ2n) is 7.70. The molecular formula is C23H28N8S. The number of hydrogen-bond acceptors (Lipinski definition) is 4. The monoisotopic (exact) mass is 448 g/mol. The van der Waals surface area contributed by atoms with Crippen LogP contribution in [0.2, 0.25) is 0 Å². The first kappa shape index (κ1) is 21.8. The van der Waals surface area contributed by atoms with Crippen LogP contribution in [0, 0.1) is 20.8 Å². The van der Waals surface area contributed by atoms with Gasteiger partial charge in [0.1, 0.15) is 0 Å². The molecule has 166 valence electrons. The highest BCUT2D eigenvalue weighted by Gasteiger charge is 2.13. The van der Waals surface area contributed by atoms with Crippen LogP contribution in [-0.2, 0) is 19.6 Å². The van der Waals surface area contributed by atoms with Gasteiger partial charge in [-0.15, -0.1) is 0 Å². The topological polar surface area (TPSA) is 77.5 Å². The number of rotatable bonds is 7. The van der Waals surface area contributed by atoms with Crippen molar-refractivity contribution in [2.24, 2.45) is 0 Å². The summed E-state index contributed by atoms with van der Waals surface area (Å²) in [4.78, 5) is 0. The van der Waals surface area contributed by atoms with Crippen molar-refractivity contribution in [3.05, 3.63) is 77.1 Å². The average Bonchev–Trinajstić information content (AvgIpc) is 3.46. The predicted molar refractivity (Wildman–Crippen MR) is 130 cm³/mol. The van der Waals surface area contributed by atoms with Crippen molar-refractivity contribution in [2.75, 3.05) is 5.32 Å². The van der Waals surface area contributed by atoms with E-state index in [0.717, 1.165) is 46.1 Å². The van der Waals surface area contributed by atoms with Crippen LogP contribution >= 0.6 is 12.2 Å². The molecule has 0 aliphatic carbocycles. The number of aromatic nitrogens is 6. The standard InChI is InChI=1S/C23H28N8S/c1-5-30-17(3)19(11-26-30)14-29-15-20(12-25-29)27-23(32)24-13-22-16(2)28-31(18(22)4)21-9-7-6-8-10-21/h6-12,15H,5,13-14H2,1-4H3,(H2,24,27,32). The maximum Gasteiger partial charge on any atom is 0.171 e. The van der Waals surface area contributed by atoms with Crippen LogP contribution in [0.4, 0.5) is 5.69 Å². The zero-order valence-corrected chi connectivity index (χ0v) is 19.6. The molecule has 0 saturated carbocycles. The molecule has 4 rings (SSSR count). The minimum Gasteiger partial charge on any atom is -0.358 e. The quantitative estimate of drug-likeness (QED) is 0.420. The molecule has 0 bridgehead atoms. The van der Waals surface area contributed by atoms with Gasteiger partial charge in [0.05, 0.1) is 36.0 Å². The molecule has 3 heterocycles. The Kier molecular flexibility index (Phi) is 6.36. The molecule has 0 amide bonds. The van der Waals surface area contributed by atoms with Crippen molar-refractivity contribution in [1.29, 1.82) is 0 Å². The van der Waals surface area contributed by atoms with E-state index in [-0.39, 0.29) is 0 Å². The molecular weight excluding hydrogens is 420 g/mol. The molecule has 8 nitrogen and oxygen atoms in total. The van der Waals surface area contributed by atoms with Gasteiger partial charge in [-0.1, -0.05) is 18.2 Å². The van der Waals surface area contributed by atoms with Gasteiger partial charge < -0.3 is 10.6 Å². The molecule has 0 unspecified atom stereocenters. The van der Waals surface area contributed by atoms with Gasteiger partial charge in [0.15, 0.2) is 5.11 Å². The fourth-order valence-electron chi connectivity index (χ4n) is 3.74. The van der Waals surface area contributed by atoms with Crippen molar-refractivity contribution in [2.45, 2.75) is 47.3 Å². The zero-order chi connectivity index (χ0) is 22.7. The Bertz CT molecular complexity index is 1220. The van der Waals surface area contributed by atoms with Crippen LogP contribution in [0.3, 0.4) is 0 Å². The summed E-state index contributed by atoms with van der Waals surface area (Å²) >= 11 is 5.50. The summed E-state index contributed by atoms with van der Waals surface area (Å²) in [6.07, 6.45) is 5.62. The number of aryl methyl sites for hydroxylation is 2. The van der Waals surface area contributed by atoms with Crippen molar-refractivity contribution in [3.63, 3.8) is 0 Å². The number of hydrogen-bond donors (Lipinski definition) is 2. The third-order valence-electron chi connectivity index (χ3n) is 5.60. The lowest BCUT2D eigenvalue weighted by Gasteiger charge is -2.10. The van der Waals surface area contributed by atoms with Crippen molar-refractivity contribution in [3.8, 4) is 5.69 Å². The Morgan fingerprint density at radius 3 is 2.53 bits per heavy atom. The lowest BCUT2D eigenvalue weighted by atomic mass is 10.2. The van der Waals surface area contributed by atoms with Crippen LogP contribution in [0.25, 0.3) is 5.69 Å². The molecule has 4 aromatic rings. The van der Waals surface area contributed by atoms with E-state index in [2.05, 4.69) is 53.7 Å². The predicted octanol–water partition coefficient (Wildman–Crippen LogP) is 3.75. The zero-order valence-electron chi connectivity index (χ0n) is 18.8. The van der Waals surface area contributed by atoms with E-state index in [1.165, 1.54) is 0 Å². The summed E-state index contributed by atoms with van der Waals surface area (Å²) in [6, 6.07) is 10.1. The van der Waals surface area contributed by atoms with Gasteiger partial charge in [0.25, 0.3) is 0 Å². The van der Waals surface area contributed by atoms with Gasteiger partial charge in [0.2, 0.25) is 0 Å². The lowest BCUT2D eigenvalue weighted by Crippen LogP contribution is -2.28. The summed E-state index contributed by atoms with van der Waals surface area (Å²) in [5.74, 6) is 0. The van der Waals surface area contributed by atoms with E-state index in [1.807, 2.05) is 51.6 Å².